The minimum Gasteiger partial charge on any atom is -0.479 e. The van der Waals surface area contributed by atoms with E-state index in [0.29, 0.717) is 19.1 Å². The summed E-state index contributed by atoms with van der Waals surface area (Å²) >= 11 is 0. The maximum atomic E-state index is 12.0. The van der Waals surface area contributed by atoms with E-state index in [1.54, 1.807) is 0 Å². The number of aliphatic carboxylic acids is 1. The number of hydrogen-bond acceptors (Lipinski definition) is 4. The zero-order valence-corrected chi connectivity index (χ0v) is 13.4. The van der Waals surface area contributed by atoms with Gasteiger partial charge in [0.25, 0.3) is 5.91 Å². The Morgan fingerprint density at radius 2 is 1.96 bits per heavy atom. The molecule has 1 aromatic carbocycles. The van der Waals surface area contributed by atoms with Crippen LogP contribution in [0.15, 0.2) is 30.3 Å². The lowest BCUT2D eigenvalue weighted by molar-refractivity contribution is -0.138. The van der Waals surface area contributed by atoms with Crippen molar-refractivity contribution in [1.29, 1.82) is 0 Å². The summed E-state index contributed by atoms with van der Waals surface area (Å²) in [6.45, 7) is 4.97. The van der Waals surface area contributed by atoms with Gasteiger partial charge in [0.1, 0.15) is 0 Å². The van der Waals surface area contributed by atoms with Crippen LogP contribution in [0.4, 0.5) is 0 Å². The van der Waals surface area contributed by atoms with E-state index in [0.717, 1.165) is 12.0 Å². The highest BCUT2D eigenvalue weighted by atomic mass is 16.6. The van der Waals surface area contributed by atoms with Gasteiger partial charge in [-0.1, -0.05) is 44.2 Å². The Hall–Kier alpha value is -1.92. The summed E-state index contributed by atoms with van der Waals surface area (Å²) < 4.78 is 10.6. The molecule has 23 heavy (non-hydrogen) atoms. The van der Waals surface area contributed by atoms with Crippen LogP contribution in [0.1, 0.15) is 25.8 Å². The van der Waals surface area contributed by atoms with Gasteiger partial charge in [-0.15, -0.1) is 0 Å². The zero-order chi connectivity index (χ0) is 16.8. The Bertz CT molecular complexity index is 531. The first-order chi connectivity index (χ1) is 11.0. The molecule has 0 spiro atoms. The number of epoxide rings is 1. The first kappa shape index (κ1) is 17.4. The maximum Gasteiger partial charge on any atom is 0.336 e. The Kier molecular flexibility index (Phi) is 6.12. The van der Waals surface area contributed by atoms with Crippen molar-refractivity contribution in [3.8, 4) is 0 Å². The zero-order valence-electron chi connectivity index (χ0n) is 13.4. The molecule has 126 valence electrons. The average Bonchev–Trinajstić information content (AvgIpc) is 3.28. The third kappa shape index (κ3) is 5.65. The molecule has 0 aliphatic carbocycles. The molecule has 1 fully saturated rings. The smallest absolute Gasteiger partial charge is 0.336 e. The van der Waals surface area contributed by atoms with Gasteiger partial charge in [0, 0.05) is 0 Å². The van der Waals surface area contributed by atoms with Crippen LogP contribution in [0.5, 0.6) is 0 Å². The molecule has 0 bridgehead atoms. The van der Waals surface area contributed by atoms with E-state index < -0.39 is 18.2 Å². The van der Waals surface area contributed by atoms with Crippen LogP contribution in [0.3, 0.4) is 0 Å². The van der Waals surface area contributed by atoms with E-state index in [9.17, 15) is 9.59 Å². The van der Waals surface area contributed by atoms with Crippen molar-refractivity contribution in [2.45, 2.75) is 45.1 Å². The number of amides is 1. The van der Waals surface area contributed by atoms with Crippen molar-refractivity contribution in [2.75, 3.05) is 6.61 Å². The Morgan fingerprint density at radius 3 is 2.52 bits per heavy atom. The number of carbonyl (C=O) groups is 2. The third-order valence-electron chi connectivity index (χ3n) is 3.53. The summed E-state index contributed by atoms with van der Waals surface area (Å²) in [7, 11) is 0. The third-order valence-corrected chi connectivity index (χ3v) is 3.53. The molecule has 0 unspecified atom stereocenters. The Labute approximate surface area is 135 Å². The Morgan fingerprint density at radius 1 is 1.26 bits per heavy atom. The van der Waals surface area contributed by atoms with Gasteiger partial charge in [-0.25, -0.2) is 4.79 Å². The van der Waals surface area contributed by atoms with Crippen molar-refractivity contribution in [3.05, 3.63) is 35.9 Å². The quantitative estimate of drug-likeness (QED) is 0.674. The second-order valence-electron chi connectivity index (χ2n) is 6.15. The Balaban J connectivity index is 1.80. The topological polar surface area (TPSA) is 88.2 Å². The molecule has 0 radical (unpaired) electrons. The normalized spacial score (nSPS) is 21.0. The van der Waals surface area contributed by atoms with Crippen LogP contribution in [0, 0.1) is 5.92 Å². The second-order valence-corrected chi connectivity index (χ2v) is 6.15. The molecule has 1 aromatic rings. The summed E-state index contributed by atoms with van der Waals surface area (Å²) in [5.41, 5.74) is 1.07. The number of benzene rings is 1. The predicted octanol–water partition coefficient (Wildman–Crippen LogP) is 1.59. The average molecular weight is 321 g/mol. The van der Waals surface area contributed by atoms with Crippen molar-refractivity contribution < 1.29 is 24.2 Å². The first-order valence-corrected chi connectivity index (χ1v) is 7.77. The molecular formula is C17H23NO5. The molecule has 0 saturated carbocycles. The number of hydrogen-bond donors (Lipinski definition) is 2. The fraction of sp³-hybridized carbons (Fsp3) is 0.529. The van der Waals surface area contributed by atoms with Crippen LogP contribution in [-0.4, -0.2) is 41.8 Å². The molecule has 6 heteroatoms. The van der Waals surface area contributed by atoms with Crippen molar-refractivity contribution in [3.63, 3.8) is 0 Å². The highest BCUT2D eigenvalue weighted by Crippen LogP contribution is 2.22. The number of nitrogens with one attached hydrogen (secondary N) is 1. The molecule has 1 amide bonds. The van der Waals surface area contributed by atoms with Crippen molar-refractivity contribution >= 4 is 11.9 Å². The van der Waals surface area contributed by atoms with Crippen LogP contribution >= 0.6 is 0 Å². The van der Waals surface area contributed by atoms with E-state index in [1.165, 1.54) is 0 Å². The fourth-order valence-electron chi connectivity index (χ4n) is 2.41. The van der Waals surface area contributed by atoms with Gasteiger partial charge in [-0.3, -0.25) is 4.79 Å². The van der Waals surface area contributed by atoms with Crippen LogP contribution < -0.4 is 5.32 Å². The van der Waals surface area contributed by atoms with Gasteiger partial charge in [-0.05, 0) is 17.9 Å². The lowest BCUT2D eigenvalue weighted by Crippen LogP contribution is -2.42. The molecule has 1 heterocycles. The molecule has 3 atom stereocenters. The SMILES string of the molecule is CC(C)C[C@@H](COCc1ccccc1)NC(=O)[C@H]1O[C@@H]1C(=O)O. The minimum absolute atomic E-state index is 0.162. The number of ether oxygens (including phenoxy) is 2. The van der Waals surface area contributed by atoms with Gasteiger partial charge < -0.3 is 19.9 Å². The van der Waals surface area contributed by atoms with E-state index in [1.807, 2.05) is 30.3 Å². The molecule has 6 nitrogen and oxygen atoms in total. The number of rotatable bonds is 9. The number of carboxylic acid groups (broad SMARTS) is 1. The van der Waals surface area contributed by atoms with Crippen molar-refractivity contribution in [1.82, 2.24) is 5.32 Å². The van der Waals surface area contributed by atoms with Gasteiger partial charge in [-0.2, -0.15) is 0 Å². The number of carbonyl (C=O) groups excluding carboxylic acids is 1. The monoisotopic (exact) mass is 321 g/mol. The standard InChI is InChI=1S/C17H23NO5/c1-11(2)8-13(10-22-9-12-6-4-3-5-7-12)18-16(19)14-15(23-14)17(20)21/h3-7,11,13-15H,8-10H2,1-2H3,(H,18,19)(H,20,21)/t13-,14-,15-/m0/s1. The highest BCUT2D eigenvalue weighted by Gasteiger charge is 2.51. The molecule has 2 rings (SSSR count). The van der Waals surface area contributed by atoms with Crippen LogP contribution in [0.2, 0.25) is 0 Å². The highest BCUT2D eigenvalue weighted by molar-refractivity contribution is 5.92. The first-order valence-electron chi connectivity index (χ1n) is 7.77. The predicted molar refractivity (Wildman–Crippen MR) is 83.8 cm³/mol. The molecular weight excluding hydrogens is 298 g/mol. The molecule has 1 aliphatic heterocycles. The lowest BCUT2D eigenvalue weighted by Gasteiger charge is -2.20. The van der Waals surface area contributed by atoms with E-state index in [4.69, 9.17) is 14.6 Å². The van der Waals surface area contributed by atoms with Gasteiger partial charge >= 0.3 is 5.97 Å². The van der Waals surface area contributed by atoms with Gasteiger partial charge in [0.15, 0.2) is 12.2 Å². The number of carboxylic acids is 1. The largest absolute Gasteiger partial charge is 0.479 e. The van der Waals surface area contributed by atoms with Crippen LogP contribution in [-0.2, 0) is 25.7 Å². The minimum atomic E-state index is -1.11. The summed E-state index contributed by atoms with van der Waals surface area (Å²) in [5.74, 6) is -1.10. The van der Waals surface area contributed by atoms with Gasteiger partial charge in [0.2, 0.25) is 0 Å². The van der Waals surface area contributed by atoms with E-state index >= 15 is 0 Å². The second kappa shape index (κ2) is 8.08. The molecule has 0 aromatic heterocycles. The fourth-order valence-corrected chi connectivity index (χ4v) is 2.41. The lowest BCUT2D eigenvalue weighted by atomic mass is 10.0. The maximum absolute atomic E-state index is 12.0. The van der Waals surface area contributed by atoms with Gasteiger partial charge in [0.05, 0.1) is 19.3 Å². The molecule has 1 saturated heterocycles. The van der Waals surface area contributed by atoms with Crippen molar-refractivity contribution in [2.24, 2.45) is 5.92 Å². The van der Waals surface area contributed by atoms with E-state index in [-0.39, 0.29) is 11.9 Å². The van der Waals surface area contributed by atoms with Crippen LogP contribution in [0.25, 0.3) is 0 Å². The summed E-state index contributed by atoms with van der Waals surface area (Å²) in [6.07, 6.45) is -1.14. The summed E-state index contributed by atoms with van der Waals surface area (Å²) in [6, 6.07) is 9.63. The van der Waals surface area contributed by atoms with E-state index in [2.05, 4.69) is 19.2 Å². The summed E-state index contributed by atoms with van der Waals surface area (Å²) in [5, 5.41) is 11.6. The summed E-state index contributed by atoms with van der Waals surface area (Å²) in [4.78, 5) is 22.7. The molecule has 1 aliphatic rings. The molecule has 2 N–H and O–H groups in total.